The van der Waals surface area contributed by atoms with Gasteiger partial charge in [-0.1, -0.05) is 6.07 Å². The van der Waals surface area contributed by atoms with Gasteiger partial charge < -0.3 is 16.4 Å². The monoisotopic (exact) mass is 526 g/mol. The molecule has 2 fully saturated rings. The van der Waals surface area contributed by atoms with Crippen LogP contribution in [0.5, 0.6) is 0 Å². The van der Waals surface area contributed by atoms with E-state index < -0.39 is 61.8 Å². The number of rotatable bonds is 8. The zero-order valence-corrected chi connectivity index (χ0v) is 19.5. The van der Waals surface area contributed by atoms with Crippen molar-refractivity contribution in [1.82, 2.24) is 15.3 Å². The number of sulfone groups is 1. The zero-order valence-electron chi connectivity index (χ0n) is 17.9. The van der Waals surface area contributed by atoms with E-state index in [4.69, 9.17) is 17.3 Å². The fourth-order valence-electron chi connectivity index (χ4n) is 5.03. The summed E-state index contributed by atoms with van der Waals surface area (Å²) in [5.74, 6) is -4.56. The molecule has 2 saturated carbocycles. The zero-order chi connectivity index (χ0) is 25.5. The molecule has 2 aliphatic rings. The van der Waals surface area contributed by atoms with Crippen LogP contribution in [-0.2, 0) is 19.4 Å². The summed E-state index contributed by atoms with van der Waals surface area (Å²) in [6.45, 7) is 0. The third kappa shape index (κ3) is 5.03. The van der Waals surface area contributed by atoms with Crippen molar-refractivity contribution in [3.63, 3.8) is 0 Å². The lowest BCUT2D eigenvalue weighted by atomic mass is 9.81. The molecule has 2 aliphatic carbocycles. The van der Waals surface area contributed by atoms with Crippen LogP contribution in [0.4, 0.5) is 15.9 Å². The van der Waals surface area contributed by atoms with Gasteiger partial charge in [-0.15, -0.1) is 0 Å². The first-order valence-electron chi connectivity index (χ1n) is 10.5. The van der Waals surface area contributed by atoms with E-state index in [-0.39, 0.29) is 27.8 Å². The number of fused-ring (bicyclic) bond motifs is 2. The van der Waals surface area contributed by atoms with Gasteiger partial charge in [0.05, 0.1) is 21.9 Å². The largest absolute Gasteiger partial charge is 0.369 e. The molecule has 2 amide bonds. The maximum Gasteiger partial charge on any atom is 0.270 e. The second-order valence-corrected chi connectivity index (χ2v) is 10.8. The highest BCUT2D eigenvalue weighted by Crippen LogP contribution is 2.49. The number of non-ortho nitro benzene ring substituents is 1. The molecule has 35 heavy (non-hydrogen) atoms. The van der Waals surface area contributed by atoms with Gasteiger partial charge in [-0.25, -0.2) is 17.8 Å². The first-order valence-corrected chi connectivity index (χ1v) is 12.5. The van der Waals surface area contributed by atoms with Crippen molar-refractivity contribution in [1.29, 1.82) is 0 Å². The van der Waals surface area contributed by atoms with Gasteiger partial charge >= 0.3 is 0 Å². The van der Waals surface area contributed by atoms with E-state index in [1.54, 1.807) is 0 Å². The number of carbonyl (C=O) groups excluding carboxylic acids is 2. The molecule has 0 radical (unpaired) electrons. The highest BCUT2D eigenvalue weighted by molar-refractivity contribution is 7.92. The molecule has 2 bridgehead atoms. The number of nitrogens with zero attached hydrogens (tertiary/aromatic N) is 3. The molecule has 15 heteroatoms. The number of hydrogen-bond acceptors (Lipinski definition) is 9. The number of anilines is 1. The molecule has 2 aromatic rings. The van der Waals surface area contributed by atoms with E-state index >= 15 is 0 Å². The minimum absolute atomic E-state index is 0.205. The second-order valence-electron chi connectivity index (χ2n) is 8.52. The summed E-state index contributed by atoms with van der Waals surface area (Å²) < 4.78 is 39.5. The first kappa shape index (κ1) is 24.7. The van der Waals surface area contributed by atoms with Crippen LogP contribution in [0.25, 0.3) is 0 Å². The minimum Gasteiger partial charge on any atom is -0.369 e. The Morgan fingerprint density at radius 2 is 2.06 bits per heavy atom. The molecule has 0 saturated heterocycles. The van der Waals surface area contributed by atoms with Crippen molar-refractivity contribution in [2.75, 3.05) is 11.1 Å². The number of nitrogens with two attached hydrogens (primary N) is 1. The Bertz CT molecular complexity index is 1310. The molecule has 12 nitrogen and oxygen atoms in total. The van der Waals surface area contributed by atoms with Gasteiger partial charge in [-0.3, -0.25) is 19.7 Å². The van der Waals surface area contributed by atoms with Crippen LogP contribution in [0, 0.1) is 33.7 Å². The summed E-state index contributed by atoms with van der Waals surface area (Å²) in [5.41, 5.74) is 5.16. The Labute approximate surface area is 203 Å². The Morgan fingerprint density at radius 1 is 1.31 bits per heavy atom. The topological polar surface area (TPSA) is 187 Å². The summed E-state index contributed by atoms with van der Waals surface area (Å²) in [5, 5.41) is 16.3. The predicted octanol–water partition coefficient (Wildman–Crippen LogP) is 1.06. The fourth-order valence-corrected chi connectivity index (χ4v) is 6.35. The molecular weight excluding hydrogens is 507 g/mol. The lowest BCUT2D eigenvalue weighted by Gasteiger charge is -2.35. The quantitative estimate of drug-likeness (QED) is 0.256. The number of halogens is 2. The van der Waals surface area contributed by atoms with Gasteiger partial charge in [0.15, 0.2) is 21.5 Å². The average Bonchev–Trinajstić information content (AvgIpc) is 3.33. The Morgan fingerprint density at radius 3 is 2.74 bits per heavy atom. The van der Waals surface area contributed by atoms with Crippen LogP contribution in [0.3, 0.4) is 0 Å². The number of hydrogen-bond donors (Lipinski definition) is 3. The lowest BCUT2D eigenvalue weighted by Crippen LogP contribution is -2.52. The molecule has 5 atom stereocenters. The van der Waals surface area contributed by atoms with E-state index in [9.17, 15) is 32.5 Å². The molecule has 0 spiro atoms. The van der Waals surface area contributed by atoms with Crippen LogP contribution in [-0.4, -0.2) is 53.0 Å². The van der Waals surface area contributed by atoms with Crippen molar-refractivity contribution in [3.8, 4) is 0 Å². The smallest absolute Gasteiger partial charge is 0.270 e. The molecule has 4 N–H and O–H groups in total. The Balaban J connectivity index is 1.49. The number of carbonyl (C=O) groups is 2. The van der Waals surface area contributed by atoms with Crippen LogP contribution >= 0.6 is 11.6 Å². The highest BCUT2D eigenvalue weighted by atomic mass is 35.5. The molecular formula is C20H20ClFN6O6S. The molecule has 1 heterocycles. The minimum atomic E-state index is -4.15. The standard InChI is InChI=1S/C20H20ClFN6O6S/c21-20-24-7-13(22)19(27-20)26-17-12-4-9(16(17)18(23)30)5-14(12)25-15(29)8-35(33,34)11-3-1-2-10(6-11)28(31)32/h1-3,6-7,9,12,14,16-17H,4-5,8H2,(H2,23,30)(H,25,29)(H,24,26,27)/t9-,12-,14-,16+,17-/m1/s1. The molecule has 0 unspecified atom stereocenters. The maximum absolute atomic E-state index is 14.2. The lowest BCUT2D eigenvalue weighted by molar-refractivity contribution is -0.385. The van der Waals surface area contributed by atoms with Crippen molar-refractivity contribution in [3.05, 3.63) is 51.7 Å². The van der Waals surface area contributed by atoms with Crippen LogP contribution < -0.4 is 16.4 Å². The summed E-state index contributed by atoms with van der Waals surface area (Å²) in [6, 6.07) is 3.24. The first-order chi connectivity index (χ1) is 16.5. The van der Waals surface area contributed by atoms with E-state index in [0.29, 0.717) is 12.8 Å². The van der Waals surface area contributed by atoms with Gasteiger partial charge in [0, 0.05) is 30.1 Å². The van der Waals surface area contributed by atoms with E-state index in [1.165, 1.54) is 12.1 Å². The highest BCUT2D eigenvalue weighted by Gasteiger charge is 2.55. The molecule has 4 rings (SSSR count). The second kappa shape index (κ2) is 9.34. The maximum atomic E-state index is 14.2. The summed E-state index contributed by atoms with van der Waals surface area (Å²) >= 11 is 5.75. The van der Waals surface area contributed by atoms with Gasteiger partial charge in [-0.05, 0) is 36.4 Å². The van der Waals surface area contributed by atoms with E-state index in [0.717, 1.165) is 18.3 Å². The number of aromatic nitrogens is 2. The molecule has 186 valence electrons. The van der Waals surface area contributed by atoms with E-state index in [2.05, 4.69) is 20.6 Å². The van der Waals surface area contributed by atoms with Gasteiger partial charge in [-0.2, -0.15) is 4.98 Å². The molecule has 1 aromatic carbocycles. The summed E-state index contributed by atoms with van der Waals surface area (Å²) in [4.78, 5) is 41.9. The number of amides is 2. The van der Waals surface area contributed by atoms with Crippen LogP contribution in [0.1, 0.15) is 12.8 Å². The number of nitro benzene ring substituents is 1. The molecule has 0 aliphatic heterocycles. The number of nitrogens with one attached hydrogen (secondary N) is 2. The fraction of sp³-hybridized carbons (Fsp3) is 0.400. The van der Waals surface area contributed by atoms with Crippen molar-refractivity contribution >= 4 is 44.8 Å². The summed E-state index contributed by atoms with van der Waals surface area (Å²) in [6.07, 6.45) is 1.75. The van der Waals surface area contributed by atoms with Crippen molar-refractivity contribution in [2.45, 2.75) is 29.8 Å². The van der Waals surface area contributed by atoms with E-state index in [1.807, 2.05) is 0 Å². The Hall–Kier alpha value is -3.39. The number of nitro groups is 1. The summed E-state index contributed by atoms with van der Waals surface area (Å²) in [7, 11) is -4.15. The third-order valence-corrected chi connectivity index (χ3v) is 8.20. The average molecular weight is 527 g/mol. The van der Waals surface area contributed by atoms with Crippen molar-refractivity contribution < 1.29 is 27.3 Å². The van der Waals surface area contributed by atoms with Crippen molar-refractivity contribution in [2.24, 2.45) is 23.5 Å². The van der Waals surface area contributed by atoms with Crippen LogP contribution in [0.2, 0.25) is 5.28 Å². The normalized spacial score (nSPS) is 25.3. The predicted molar refractivity (Wildman–Crippen MR) is 120 cm³/mol. The Kier molecular flexibility index (Phi) is 6.60. The van der Waals surface area contributed by atoms with Crippen LogP contribution in [0.15, 0.2) is 35.4 Å². The van der Waals surface area contributed by atoms with Gasteiger partial charge in [0.25, 0.3) is 5.69 Å². The SMILES string of the molecule is NC(=O)[C@H]1[C@@H]2C[C@@H]([C@H]1Nc1nc(Cl)ncc1F)[C@H](NC(=O)CS(=O)(=O)c1cccc([N+](=O)[O-])c1)C2. The number of benzene rings is 1. The number of primary amides is 1. The molecule has 1 aromatic heterocycles. The third-order valence-electron chi connectivity index (χ3n) is 6.41. The van der Waals surface area contributed by atoms with Gasteiger partial charge in [0.2, 0.25) is 17.1 Å². The van der Waals surface area contributed by atoms with Gasteiger partial charge in [0.1, 0.15) is 5.75 Å².